The SMILES string of the molecule is COc1cccc(C(C)(C)C#N)c1.COc1cccc(C(C)(C)C(=O)O)c1.[K+].[OH-]. The smallest absolute Gasteiger partial charge is 0.870 e. The van der Waals surface area contributed by atoms with Crippen molar-refractivity contribution < 1.29 is 76.2 Å². The third-order valence-corrected chi connectivity index (χ3v) is 4.40. The van der Waals surface area contributed by atoms with E-state index in [1.54, 1.807) is 52.3 Å². The van der Waals surface area contributed by atoms with Gasteiger partial charge in [-0.05, 0) is 63.1 Å². The first-order chi connectivity index (χ1) is 12.6. The van der Waals surface area contributed by atoms with Gasteiger partial charge >= 0.3 is 57.4 Å². The number of methoxy groups -OCH3 is 2. The van der Waals surface area contributed by atoms with E-state index in [0.29, 0.717) is 5.75 Å². The number of nitrogens with zero attached hydrogens (tertiary/aromatic N) is 1. The summed E-state index contributed by atoms with van der Waals surface area (Å²) < 4.78 is 10.1. The molecule has 2 N–H and O–H groups in total. The monoisotopic (exact) mass is 425 g/mol. The van der Waals surface area contributed by atoms with E-state index in [2.05, 4.69) is 6.07 Å². The molecule has 2 rings (SSSR count). The first kappa shape index (κ1) is 29.8. The molecule has 0 aliphatic rings. The van der Waals surface area contributed by atoms with Crippen LogP contribution in [0.3, 0.4) is 0 Å². The number of ether oxygens (including phenoxy) is 2. The summed E-state index contributed by atoms with van der Waals surface area (Å²) in [5.74, 6) is 0.628. The predicted molar refractivity (Wildman–Crippen MR) is 107 cm³/mol. The van der Waals surface area contributed by atoms with Crippen molar-refractivity contribution in [3.05, 3.63) is 59.7 Å². The average Bonchev–Trinajstić information content (AvgIpc) is 2.68. The van der Waals surface area contributed by atoms with Gasteiger partial charge in [-0.25, -0.2) is 0 Å². The standard InChI is InChI=1S/C11H13NO.C11H14O3.K.H2O/c1-11(2,8-12)9-5-4-6-10(7-9)13-3;1-11(2,10(12)13)8-5-4-6-9(7-8)14-3;;/h4-7H,1-3H3;4-7H,1-3H3,(H,12,13);;1H2/q;;+1;/p-1. The molecule has 0 bridgehead atoms. The van der Waals surface area contributed by atoms with Gasteiger partial charge in [-0.1, -0.05) is 24.3 Å². The van der Waals surface area contributed by atoms with Crippen LogP contribution in [0.25, 0.3) is 0 Å². The van der Waals surface area contributed by atoms with E-state index in [9.17, 15) is 4.79 Å². The molecular formula is C22H28KNO5. The minimum absolute atomic E-state index is 0. The van der Waals surface area contributed by atoms with Gasteiger partial charge in [0.15, 0.2) is 0 Å². The Hall–Kier alpha value is -1.40. The molecule has 7 heteroatoms. The number of hydrogen-bond acceptors (Lipinski definition) is 5. The third-order valence-electron chi connectivity index (χ3n) is 4.40. The summed E-state index contributed by atoms with van der Waals surface area (Å²) in [4.78, 5) is 11.0. The molecule has 2 aromatic rings. The number of aliphatic carboxylic acids is 1. The van der Waals surface area contributed by atoms with E-state index in [0.717, 1.165) is 16.9 Å². The van der Waals surface area contributed by atoms with Crippen LogP contribution in [0.5, 0.6) is 11.5 Å². The summed E-state index contributed by atoms with van der Waals surface area (Å²) in [6.45, 7) is 7.12. The number of hydrogen-bond donors (Lipinski definition) is 1. The van der Waals surface area contributed by atoms with Crippen molar-refractivity contribution >= 4 is 5.97 Å². The topological polar surface area (TPSA) is 110 Å². The van der Waals surface area contributed by atoms with E-state index < -0.39 is 16.8 Å². The van der Waals surface area contributed by atoms with Crippen LogP contribution in [-0.2, 0) is 15.6 Å². The van der Waals surface area contributed by atoms with Crippen molar-refractivity contribution in [2.24, 2.45) is 0 Å². The molecule has 6 nitrogen and oxygen atoms in total. The van der Waals surface area contributed by atoms with E-state index in [4.69, 9.17) is 19.8 Å². The van der Waals surface area contributed by atoms with Crippen LogP contribution in [0.1, 0.15) is 38.8 Å². The zero-order valence-electron chi connectivity index (χ0n) is 18.2. The second-order valence-electron chi connectivity index (χ2n) is 7.13. The maximum Gasteiger partial charge on any atom is 1.00 e. The van der Waals surface area contributed by atoms with Crippen molar-refractivity contribution in [2.45, 2.75) is 38.5 Å². The van der Waals surface area contributed by atoms with Crippen LogP contribution in [0.2, 0.25) is 0 Å². The second-order valence-corrected chi connectivity index (χ2v) is 7.13. The molecule has 0 fully saturated rings. The van der Waals surface area contributed by atoms with Crippen molar-refractivity contribution in [1.82, 2.24) is 0 Å². The Kier molecular flexibility index (Phi) is 13.4. The van der Waals surface area contributed by atoms with Crippen molar-refractivity contribution in [2.75, 3.05) is 14.2 Å². The number of carboxylic acid groups (broad SMARTS) is 1. The number of nitriles is 1. The van der Waals surface area contributed by atoms with E-state index >= 15 is 0 Å². The maximum atomic E-state index is 11.0. The van der Waals surface area contributed by atoms with Gasteiger partial charge in [0.2, 0.25) is 0 Å². The molecule has 152 valence electrons. The number of carbonyl (C=O) groups is 1. The Labute approximate surface area is 215 Å². The van der Waals surface area contributed by atoms with Gasteiger partial charge in [0.1, 0.15) is 11.5 Å². The fourth-order valence-corrected chi connectivity index (χ4v) is 2.21. The Morgan fingerprint density at radius 2 is 1.34 bits per heavy atom. The molecule has 0 radical (unpaired) electrons. The van der Waals surface area contributed by atoms with E-state index in [1.807, 2.05) is 38.1 Å². The molecule has 0 amide bonds. The molecule has 0 spiro atoms. The molecule has 0 saturated carbocycles. The predicted octanol–water partition coefficient (Wildman–Crippen LogP) is 1.38. The molecule has 0 heterocycles. The molecule has 0 unspecified atom stereocenters. The van der Waals surface area contributed by atoms with Gasteiger partial charge in [-0.3, -0.25) is 4.79 Å². The fourth-order valence-electron chi connectivity index (χ4n) is 2.21. The van der Waals surface area contributed by atoms with Crippen LogP contribution in [0, 0.1) is 11.3 Å². The van der Waals surface area contributed by atoms with Gasteiger partial charge in [-0.15, -0.1) is 0 Å². The maximum absolute atomic E-state index is 11.0. The molecule has 0 aromatic heterocycles. The Morgan fingerprint density at radius 1 is 0.931 bits per heavy atom. The largest absolute Gasteiger partial charge is 1.00 e. The quantitative estimate of drug-likeness (QED) is 0.725. The summed E-state index contributed by atoms with van der Waals surface area (Å²) in [6, 6.07) is 17.0. The Morgan fingerprint density at radius 3 is 1.72 bits per heavy atom. The second kappa shape index (κ2) is 13.0. The Balaban J connectivity index is 0. The molecule has 29 heavy (non-hydrogen) atoms. The van der Waals surface area contributed by atoms with Gasteiger partial charge < -0.3 is 20.1 Å². The molecule has 2 aromatic carbocycles. The normalized spacial score (nSPS) is 10.1. The van der Waals surface area contributed by atoms with Crippen LogP contribution in [0.15, 0.2) is 48.5 Å². The summed E-state index contributed by atoms with van der Waals surface area (Å²) in [6.07, 6.45) is 0. The van der Waals surface area contributed by atoms with Crippen LogP contribution in [0.4, 0.5) is 0 Å². The molecular weight excluding hydrogens is 397 g/mol. The van der Waals surface area contributed by atoms with Crippen LogP contribution < -0.4 is 60.9 Å². The van der Waals surface area contributed by atoms with Gasteiger partial charge in [-0.2, -0.15) is 5.26 Å². The summed E-state index contributed by atoms with van der Waals surface area (Å²) >= 11 is 0. The van der Waals surface area contributed by atoms with Crippen LogP contribution >= 0.6 is 0 Å². The zero-order chi connectivity index (χ0) is 20.7. The van der Waals surface area contributed by atoms with E-state index in [1.165, 1.54) is 0 Å². The molecule has 0 aliphatic carbocycles. The summed E-state index contributed by atoms with van der Waals surface area (Å²) in [5.41, 5.74) is 0.391. The summed E-state index contributed by atoms with van der Waals surface area (Å²) in [5, 5.41) is 17.9. The molecule has 0 saturated heterocycles. The molecule has 0 atom stereocenters. The number of rotatable bonds is 5. The fraction of sp³-hybridized carbons (Fsp3) is 0.364. The number of benzene rings is 2. The minimum Gasteiger partial charge on any atom is -0.870 e. The molecule has 0 aliphatic heterocycles. The first-order valence-electron chi connectivity index (χ1n) is 8.52. The minimum atomic E-state index is -0.880. The van der Waals surface area contributed by atoms with Gasteiger partial charge in [0.05, 0.1) is 31.1 Å². The summed E-state index contributed by atoms with van der Waals surface area (Å²) in [7, 11) is 3.19. The van der Waals surface area contributed by atoms with Gasteiger partial charge in [0, 0.05) is 0 Å². The van der Waals surface area contributed by atoms with Crippen molar-refractivity contribution in [3.8, 4) is 17.6 Å². The zero-order valence-corrected chi connectivity index (χ0v) is 21.3. The average molecular weight is 426 g/mol. The third kappa shape index (κ3) is 8.47. The van der Waals surface area contributed by atoms with Gasteiger partial charge in [0.25, 0.3) is 0 Å². The first-order valence-corrected chi connectivity index (χ1v) is 8.52. The number of carboxylic acids is 1. The van der Waals surface area contributed by atoms with Crippen LogP contribution in [-0.4, -0.2) is 30.8 Å². The van der Waals surface area contributed by atoms with Crippen molar-refractivity contribution in [1.29, 1.82) is 5.26 Å². The Bertz CT molecular complexity index is 828. The van der Waals surface area contributed by atoms with E-state index in [-0.39, 0.29) is 56.9 Å². The van der Waals surface area contributed by atoms with Crippen molar-refractivity contribution in [3.63, 3.8) is 0 Å².